The van der Waals surface area contributed by atoms with Crippen molar-refractivity contribution in [2.24, 2.45) is 0 Å². The van der Waals surface area contributed by atoms with Crippen molar-refractivity contribution in [3.05, 3.63) is 59.0 Å². The normalized spacial score (nSPS) is 20.0. The van der Waals surface area contributed by atoms with Gasteiger partial charge in [0.25, 0.3) is 0 Å². The van der Waals surface area contributed by atoms with Gasteiger partial charge < -0.3 is 9.64 Å². The number of nitrogens with zero attached hydrogens (tertiary/aromatic N) is 2. The lowest BCUT2D eigenvalue weighted by molar-refractivity contribution is -0.137. The van der Waals surface area contributed by atoms with Crippen molar-refractivity contribution in [2.75, 3.05) is 18.1 Å². The largest absolute Gasteiger partial charge is 0.417 e. The molecule has 0 radical (unpaired) electrons. The van der Waals surface area contributed by atoms with Gasteiger partial charge in [0.15, 0.2) is 11.6 Å². The highest BCUT2D eigenvalue weighted by atomic mass is 32.1. The first-order chi connectivity index (χ1) is 13.1. The third kappa shape index (κ3) is 4.72. The number of ether oxygens (including phenoxy) is 1. The highest BCUT2D eigenvalue weighted by Gasteiger charge is 2.34. The maximum Gasteiger partial charge on any atom is 0.417 e. The molecule has 1 aliphatic rings. The molecule has 28 heavy (non-hydrogen) atoms. The van der Waals surface area contributed by atoms with Gasteiger partial charge in [-0.2, -0.15) is 25.8 Å². The van der Waals surface area contributed by atoms with E-state index in [0.717, 1.165) is 18.3 Å². The number of alkyl halides is 3. The van der Waals surface area contributed by atoms with Crippen molar-refractivity contribution < 1.29 is 31.1 Å². The monoisotopic (exact) mass is 422 g/mol. The Bertz CT molecular complexity index is 830. The molecule has 3 nitrogen and oxygen atoms in total. The molecule has 2 aromatic rings. The smallest absolute Gasteiger partial charge is 0.375 e. The van der Waals surface area contributed by atoms with Gasteiger partial charge in [-0.1, -0.05) is 0 Å². The molecule has 0 saturated carbocycles. The number of anilines is 1. The van der Waals surface area contributed by atoms with Gasteiger partial charge in [-0.05, 0) is 24.6 Å². The van der Waals surface area contributed by atoms with Crippen molar-refractivity contribution >= 4 is 18.4 Å². The summed E-state index contributed by atoms with van der Waals surface area (Å²) in [5.41, 5.74) is -0.974. The molecule has 2 atom stereocenters. The van der Waals surface area contributed by atoms with Gasteiger partial charge >= 0.3 is 6.18 Å². The lowest BCUT2D eigenvalue weighted by Crippen LogP contribution is -2.34. The van der Waals surface area contributed by atoms with Gasteiger partial charge in [-0.15, -0.1) is 0 Å². The van der Waals surface area contributed by atoms with E-state index in [2.05, 4.69) is 17.6 Å². The number of aromatic nitrogens is 1. The van der Waals surface area contributed by atoms with Crippen molar-refractivity contribution in [2.45, 2.75) is 30.5 Å². The van der Waals surface area contributed by atoms with Gasteiger partial charge in [-0.25, -0.2) is 18.2 Å². The Morgan fingerprint density at radius 2 is 1.82 bits per heavy atom. The number of pyridine rings is 1. The molecule has 0 bridgehead atoms. The number of benzene rings is 1. The van der Waals surface area contributed by atoms with Crippen molar-refractivity contribution in [1.29, 1.82) is 0 Å². The highest BCUT2D eigenvalue weighted by Crippen LogP contribution is 2.32. The minimum Gasteiger partial charge on any atom is -0.375 e. The summed E-state index contributed by atoms with van der Waals surface area (Å²) in [7, 11) is 0. The molecular formula is C18H16F6N2OS. The maximum atomic E-state index is 13.7. The zero-order valence-corrected chi connectivity index (χ0v) is 15.3. The summed E-state index contributed by atoms with van der Waals surface area (Å²) >= 11 is 4.40. The Labute approximate surface area is 162 Å². The summed E-state index contributed by atoms with van der Waals surface area (Å²) in [6.45, 7) is 0.276. The lowest BCUT2D eigenvalue weighted by Gasteiger charge is -2.25. The zero-order valence-electron chi connectivity index (χ0n) is 14.4. The fraction of sp³-hybridized carbons (Fsp3) is 0.389. The predicted octanol–water partition coefficient (Wildman–Crippen LogP) is 4.61. The summed E-state index contributed by atoms with van der Waals surface area (Å²) in [5, 5.41) is -0.0438. The van der Waals surface area contributed by atoms with Gasteiger partial charge in [-0.3, -0.25) is 0 Å². The van der Waals surface area contributed by atoms with Crippen LogP contribution >= 0.6 is 12.6 Å². The van der Waals surface area contributed by atoms with Crippen LogP contribution in [0.15, 0.2) is 30.5 Å². The topological polar surface area (TPSA) is 25.4 Å². The molecule has 0 spiro atoms. The summed E-state index contributed by atoms with van der Waals surface area (Å²) < 4.78 is 83.3. The Hall–Kier alpha value is -1.94. The predicted molar refractivity (Wildman–Crippen MR) is 93.7 cm³/mol. The molecule has 1 aromatic heterocycles. The van der Waals surface area contributed by atoms with E-state index in [4.69, 9.17) is 4.74 Å². The molecule has 152 valence electrons. The van der Waals surface area contributed by atoms with Crippen LogP contribution in [0.25, 0.3) is 0 Å². The van der Waals surface area contributed by atoms with Crippen LogP contribution in [0.2, 0.25) is 0 Å². The first-order valence-electron chi connectivity index (χ1n) is 8.34. The fourth-order valence-corrected chi connectivity index (χ4v) is 3.45. The van der Waals surface area contributed by atoms with E-state index in [1.165, 1.54) is 6.07 Å². The number of rotatable bonds is 5. The van der Waals surface area contributed by atoms with E-state index < -0.39 is 29.2 Å². The first-order valence-corrected chi connectivity index (χ1v) is 8.86. The number of halogens is 6. The Kier molecular flexibility index (Phi) is 6.09. The van der Waals surface area contributed by atoms with E-state index in [1.54, 1.807) is 4.90 Å². The fourth-order valence-electron chi connectivity index (χ4n) is 3.03. The Morgan fingerprint density at radius 1 is 1.11 bits per heavy atom. The number of hydrogen-bond donors (Lipinski definition) is 1. The van der Waals surface area contributed by atoms with Gasteiger partial charge in [0.1, 0.15) is 11.6 Å². The van der Waals surface area contributed by atoms with E-state index >= 15 is 0 Å². The highest BCUT2D eigenvalue weighted by molar-refractivity contribution is 7.81. The molecule has 1 saturated heterocycles. The summed E-state index contributed by atoms with van der Waals surface area (Å²) in [4.78, 5) is 5.64. The molecule has 0 aliphatic carbocycles. The van der Waals surface area contributed by atoms with Crippen LogP contribution < -0.4 is 4.90 Å². The quantitative estimate of drug-likeness (QED) is 0.433. The first kappa shape index (κ1) is 20.8. The third-order valence-electron chi connectivity index (χ3n) is 4.42. The standard InChI is InChI=1S/C18H16F6N2OS/c19-14-5-16(21)15(20)3-10(14)8-27-9-12-4-13(28)7-26(12)17-2-1-11(6-25-17)18(22,23)24/h1-3,5-6,12-13,28H,4,7-9H2/t12-,13+/m0/s1. The average Bonchev–Trinajstić information content (AvgIpc) is 2.99. The second kappa shape index (κ2) is 8.20. The molecule has 2 heterocycles. The average molecular weight is 422 g/mol. The Balaban J connectivity index is 1.65. The van der Waals surface area contributed by atoms with E-state index in [9.17, 15) is 26.3 Å². The Morgan fingerprint density at radius 3 is 2.46 bits per heavy atom. The molecule has 0 amide bonds. The second-order valence-corrected chi connectivity index (χ2v) is 7.20. The molecule has 1 fully saturated rings. The van der Waals surface area contributed by atoms with Gasteiger partial charge in [0, 0.05) is 29.6 Å². The molecule has 1 aromatic carbocycles. The number of hydrogen-bond acceptors (Lipinski definition) is 4. The molecule has 10 heteroatoms. The molecule has 3 rings (SSSR count). The molecule has 1 aliphatic heterocycles. The zero-order chi connectivity index (χ0) is 20.5. The van der Waals surface area contributed by atoms with Crippen LogP contribution in [0.1, 0.15) is 17.5 Å². The van der Waals surface area contributed by atoms with Crippen LogP contribution in [-0.2, 0) is 17.5 Å². The summed E-state index contributed by atoms with van der Waals surface area (Å²) in [6, 6.07) is 3.15. The minimum atomic E-state index is -4.47. The van der Waals surface area contributed by atoms with Crippen molar-refractivity contribution in [3.8, 4) is 0 Å². The summed E-state index contributed by atoms with van der Waals surface area (Å²) in [5.74, 6) is -3.03. The van der Waals surface area contributed by atoms with E-state index in [1.807, 2.05) is 0 Å². The minimum absolute atomic E-state index is 0.0438. The van der Waals surface area contributed by atoms with Crippen LogP contribution in [0.3, 0.4) is 0 Å². The van der Waals surface area contributed by atoms with E-state index in [0.29, 0.717) is 24.8 Å². The molecule has 0 unspecified atom stereocenters. The van der Waals surface area contributed by atoms with Crippen LogP contribution in [-0.4, -0.2) is 29.4 Å². The second-order valence-electron chi connectivity index (χ2n) is 6.47. The van der Waals surface area contributed by atoms with E-state index in [-0.39, 0.29) is 30.1 Å². The van der Waals surface area contributed by atoms with Gasteiger partial charge in [0.05, 0.1) is 24.8 Å². The third-order valence-corrected chi connectivity index (χ3v) is 4.79. The van der Waals surface area contributed by atoms with Crippen LogP contribution in [0.5, 0.6) is 0 Å². The van der Waals surface area contributed by atoms with Crippen LogP contribution in [0.4, 0.5) is 32.2 Å². The van der Waals surface area contributed by atoms with Gasteiger partial charge in [0.2, 0.25) is 0 Å². The molecule has 0 N–H and O–H groups in total. The number of thiol groups is 1. The SMILES string of the molecule is Fc1cc(F)c(COC[C@@H]2C[C@@H](S)CN2c2ccc(C(F)(F)F)cn2)cc1F. The maximum absolute atomic E-state index is 13.7. The van der Waals surface area contributed by atoms with Crippen molar-refractivity contribution in [3.63, 3.8) is 0 Å². The lowest BCUT2D eigenvalue weighted by atomic mass is 10.2. The van der Waals surface area contributed by atoms with Crippen LogP contribution in [0, 0.1) is 17.5 Å². The summed E-state index contributed by atoms with van der Waals surface area (Å²) in [6.07, 6.45) is -3.14. The molecular weight excluding hydrogens is 406 g/mol. The van der Waals surface area contributed by atoms with Crippen molar-refractivity contribution in [1.82, 2.24) is 4.98 Å².